The fourth-order valence-electron chi connectivity index (χ4n) is 1.28. The van der Waals surface area contributed by atoms with Crippen LogP contribution >= 0.6 is 15.9 Å². The standard InChI is InChI=1S/C12H13BrN2O2/c1-8(2)11(12(16)15-7-14)17-10-5-3-9(13)4-6-10/h3-6,8,11H,1-2H3,(H,15,16)/t11-/m0/s1. The summed E-state index contributed by atoms with van der Waals surface area (Å²) in [6.45, 7) is 3.72. The summed E-state index contributed by atoms with van der Waals surface area (Å²) in [6, 6.07) is 7.18. The lowest BCUT2D eigenvalue weighted by Crippen LogP contribution is -2.39. The lowest BCUT2D eigenvalue weighted by atomic mass is 10.1. The molecule has 5 heteroatoms. The third-order valence-corrected chi connectivity index (χ3v) is 2.65. The molecule has 0 heterocycles. The van der Waals surface area contributed by atoms with E-state index in [4.69, 9.17) is 10.00 Å². The summed E-state index contributed by atoms with van der Waals surface area (Å²) >= 11 is 3.32. The van der Waals surface area contributed by atoms with Gasteiger partial charge in [0.1, 0.15) is 5.75 Å². The second kappa shape index (κ2) is 6.26. The molecule has 1 aromatic rings. The smallest absolute Gasteiger partial charge is 0.274 e. The van der Waals surface area contributed by atoms with Gasteiger partial charge in [-0.3, -0.25) is 10.1 Å². The minimum atomic E-state index is -0.671. The molecule has 0 aliphatic rings. The molecular formula is C12H13BrN2O2. The molecule has 0 aliphatic carbocycles. The number of ether oxygens (including phenoxy) is 1. The number of hydrogen-bond donors (Lipinski definition) is 1. The fraction of sp³-hybridized carbons (Fsp3) is 0.333. The second-order valence-electron chi connectivity index (χ2n) is 3.84. The van der Waals surface area contributed by atoms with Gasteiger partial charge in [0.25, 0.3) is 5.91 Å². The van der Waals surface area contributed by atoms with E-state index in [0.29, 0.717) is 5.75 Å². The summed E-state index contributed by atoms with van der Waals surface area (Å²) in [7, 11) is 0. The number of nitrogens with one attached hydrogen (secondary N) is 1. The van der Waals surface area contributed by atoms with Crippen LogP contribution in [0.1, 0.15) is 13.8 Å². The molecule has 0 saturated heterocycles. The van der Waals surface area contributed by atoms with E-state index in [2.05, 4.69) is 21.2 Å². The van der Waals surface area contributed by atoms with E-state index < -0.39 is 12.0 Å². The average Bonchev–Trinajstić information content (AvgIpc) is 2.28. The molecule has 0 radical (unpaired) electrons. The molecule has 1 N–H and O–H groups in total. The molecule has 0 aliphatic heterocycles. The Morgan fingerprint density at radius 3 is 2.47 bits per heavy atom. The monoisotopic (exact) mass is 296 g/mol. The van der Waals surface area contributed by atoms with Gasteiger partial charge in [-0.25, -0.2) is 0 Å². The predicted octanol–water partition coefficient (Wildman–Crippen LogP) is 2.45. The van der Waals surface area contributed by atoms with E-state index in [-0.39, 0.29) is 5.92 Å². The largest absolute Gasteiger partial charge is 0.480 e. The molecule has 1 amide bonds. The summed E-state index contributed by atoms with van der Waals surface area (Å²) in [6.07, 6.45) is 0.940. The zero-order valence-electron chi connectivity index (χ0n) is 9.61. The zero-order chi connectivity index (χ0) is 12.8. The molecule has 0 unspecified atom stereocenters. The van der Waals surface area contributed by atoms with Gasteiger partial charge in [0.2, 0.25) is 0 Å². The van der Waals surface area contributed by atoms with Crippen molar-refractivity contribution in [3.8, 4) is 11.9 Å². The highest BCUT2D eigenvalue weighted by Gasteiger charge is 2.23. The van der Waals surface area contributed by atoms with E-state index >= 15 is 0 Å². The molecule has 1 aromatic carbocycles. The molecule has 0 saturated carbocycles. The minimum Gasteiger partial charge on any atom is -0.480 e. The normalized spacial score (nSPS) is 11.7. The summed E-state index contributed by atoms with van der Waals surface area (Å²) in [5.41, 5.74) is 0. The van der Waals surface area contributed by atoms with E-state index in [1.807, 2.05) is 26.0 Å². The average molecular weight is 297 g/mol. The van der Waals surface area contributed by atoms with E-state index in [9.17, 15) is 4.79 Å². The Hall–Kier alpha value is -1.54. The van der Waals surface area contributed by atoms with E-state index in [0.717, 1.165) is 4.47 Å². The number of nitriles is 1. The van der Waals surface area contributed by atoms with Gasteiger partial charge in [0.15, 0.2) is 12.3 Å². The molecule has 1 atom stereocenters. The van der Waals surface area contributed by atoms with Crippen molar-refractivity contribution in [3.05, 3.63) is 28.7 Å². The SMILES string of the molecule is CC(C)[C@H](Oc1ccc(Br)cc1)C(=O)NC#N. The van der Waals surface area contributed by atoms with Crippen molar-refractivity contribution in [2.75, 3.05) is 0 Å². The molecule has 0 aromatic heterocycles. The number of rotatable bonds is 4. The molecule has 17 heavy (non-hydrogen) atoms. The molecule has 0 bridgehead atoms. The Morgan fingerprint density at radius 2 is 2.00 bits per heavy atom. The Labute approximate surface area is 109 Å². The quantitative estimate of drug-likeness (QED) is 0.686. The van der Waals surface area contributed by atoms with Crippen LogP contribution < -0.4 is 10.1 Å². The number of amides is 1. The van der Waals surface area contributed by atoms with Crippen molar-refractivity contribution in [2.24, 2.45) is 5.92 Å². The third-order valence-electron chi connectivity index (χ3n) is 2.12. The van der Waals surface area contributed by atoms with Crippen molar-refractivity contribution in [1.82, 2.24) is 5.32 Å². The summed E-state index contributed by atoms with van der Waals surface area (Å²) < 4.78 is 6.50. The van der Waals surface area contributed by atoms with Crippen molar-refractivity contribution < 1.29 is 9.53 Å². The number of halogens is 1. The van der Waals surface area contributed by atoms with Crippen molar-refractivity contribution >= 4 is 21.8 Å². The van der Waals surface area contributed by atoms with Crippen LogP contribution in [-0.2, 0) is 4.79 Å². The lowest BCUT2D eigenvalue weighted by Gasteiger charge is -2.20. The summed E-state index contributed by atoms with van der Waals surface area (Å²) in [5, 5.41) is 10.5. The van der Waals surface area contributed by atoms with Crippen molar-refractivity contribution in [3.63, 3.8) is 0 Å². The number of carbonyl (C=O) groups is 1. The Bertz CT molecular complexity index is 423. The van der Waals surface area contributed by atoms with Crippen LogP contribution in [0.4, 0.5) is 0 Å². The Morgan fingerprint density at radius 1 is 1.41 bits per heavy atom. The first-order chi connectivity index (χ1) is 8.04. The third kappa shape index (κ3) is 4.08. The molecular weight excluding hydrogens is 284 g/mol. The number of carbonyl (C=O) groups excluding carboxylic acids is 1. The summed E-state index contributed by atoms with van der Waals surface area (Å²) in [5.74, 6) is 0.150. The van der Waals surface area contributed by atoms with Gasteiger partial charge in [-0.15, -0.1) is 0 Å². The topological polar surface area (TPSA) is 62.1 Å². The highest BCUT2D eigenvalue weighted by molar-refractivity contribution is 9.10. The molecule has 4 nitrogen and oxygen atoms in total. The van der Waals surface area contributed by atoms with E-state index in [1.54, 1.807) is 18.3 Å². The Kier molecular flexibility index (Phi) is 4.98. The maximum absolute atomic E-state index is 11.6. The van der Waals surface area contributed by atoms with Crippen LogP contribution in [0.5, 0.6) is 5.75 Å². The molecule has 1 rings (SSSR count). The van der Waals surface area contributed by atoms with Crippen LogP contribution in [-0.4, -0.2) is 12.0 Å². The van der Waals surface area contributed by atoms with Gasteiger partial charge in [0.05, 0.1) is 0 Å². The first kappa shape index (κ1) is 13.5. The fourth-order valence-corrected chi connectivity index (χ4v) is 1.54. The van der Waals surface area contributed by atoms with E-state index in [1.165, 1.54) is 0 Å². The molecule has 0 spiro atoms. The zero-order valence-corrected chi connectivity index (χ0v) is 11.2. The van der Waals surface area contributed by atoms with Crippen LogP contribution in [0.3, 0.4) is 0 Å². The van der Waals surface area contributed by atoms with Gasteiger partial charge >= 0.3 is 0 Å². The lowest BCUT2D eigenvalue weighted by molar-refractivity contribution is -0.128. The predicted molar refractivity (Wildman–Crippen MR) is 67.2 cm³/mol. The van der Waals surface area contributed by atoms with Crippen molar-refractivity contribution in [1.29, 1.82) is 5.26 Å². The number of benzene rings is 1. The maximum atomic E-state index is 11.6. The molecule has 0 fully saturated rings. The van der Waals surface area contributed by atoms with Gasteiger partial charge in [-0.1, -0.05) is 29.8 Å². The van der Waals surface area contributed by atoms with Crippen LogP contribution in [0.2, 0.25) is 0 Å². The van der Waals surface area contributed by atoms with Gasteiger partial charge < -0.3 is 4.74 Å². The summed E-state index contributed by atoms with van der Waals surface area (Å²) in [4.78, 5) is 11.6. The Balaban J connectivity index is 2.77. The second-order valence-corrected chi connectivity index (χ2v) is 4.75. The van der Waals surface area contributed by atoms with Gasteiger partial charge in [0, 0.05) is 4.47 Å². The van der Waals surface area contributed by atoms with Gasteiger partial charge in [-0.2, -0.15) is 5.26 Å². The van der Waals surface area contributed by atoms with Gasteiger partial charge in [-0.05, 0) is 30.2 Å². The number of nitrogens with zero attached hydrogens (tertiary/aromatic N) is 1. The number of hydrogen-bond acceptors (Lipinski definition) is 3. The van der Waals surface area contributed by atoms with Crippen LogP contribution in [0, 0.1) is 17.4 Å². The van der Waals surface area contributed by atoms with Crippen LogP contribution in [0.15, 0.2) is 28.7 Å². The molecule has 90 valence electrons. The van der Waals surface area contributed by atoms with Crippen LogP contribution in [0.25, 0.3) is 0 Å². The minimum absolute atomic E-state index is 0.0213. The first-order valence-electron chi connectivity index (χ1n) is 5.15. The van der Waals surface area contributed by atoms with Crippen molar-refractivity contribution in [2.45, 2.75) is 20.0 Å². The highest BCUT2D eigenvalue weighted by Crippen LogP contribution is 2.19. The highest BCUT2D eigenvalue weighted by atomic mass is 79.9. The maximum Gasteiger partial charge on any atom is 0.274 e. The first-order valence-corrected chi connectivity index (χ1v) is 5.95.